The molecule has 9 heteroatoms. The number of amides is 2. The van der Waals surface area contributed by atoms with E-state index < -0.39 is 11.8 Å². The Morgan fingerprint density at radius 2 is 1.65 bits per heavy atom. The number of rotatable bonds is 2. The van der Waals surface area contributed by atoms with Crippen molar-refractivity contribution in [2.45, 2.75) is 32.2 Å². The Bertz CT molecular complexity index is 1270. The van der Waals surface area contributed by atoms with E-state index in [2.05, 4.69) is 15.8 Å². The third-order valence-corrected chi connectivity index (χ3v) is 5.50. The quantitative estimate of drug-likeness (QED) is 0.613. The van der Waals surface area contributed by atoms with Gasteiger partial charge in [0.05, 0.1) is 10.9 Å². The molecular weight excluding hydrogens is 400 g/mol. The second kappa shape index (κ2) is 7.75. The van der Waals surface area contributed by atoms with Crippen molar-refractivity contribution in [3.63, 3.8) is 0 Å². The topological polar surface area (TPSA) is 112 Å². The van der Waals surface area contributed by atoms with Gasteiger partial charge >= 0.3 is 0 Å². The van der Waals surface area contributed by atoms with Crippen LogP contribution in [-0.2, 0) is 13.0 Å². The average molecular weight is 420 g/mol. The fourth-order valence-corrected chi connectivity index (χ4v) is 3.86. The number of carbonyl (C=O) groups excluding carboxylic acids is 2. The highest BCUT2D eigenvalue weighted by atomic mass is 16.7. The summed E-state index contributed by atoms with van der Waals surface area (Å²) in [6.07, 6.45) is 3.76. The number of aromatic nitrogens is 2. The van der Waals surface area contributed by atoms with Crippen molar-refractivity contribution in [3.05, 3.63) is 63.7 Å². The molecule has 158 valence electrons. The average Bonchev–Trinajstić information content (AvgIpc) is 3.13. The second-order valence-electron chi connectivity index (χ2n) is 7.50. The van der Waals surface area contributed by atoms with Crippen LogP contribution in [0.4, 0.5) is 0 Å². The number of aryl methyl sites for hydroxylation is 1. The second-order valence-corrected chi connectivity index (χ2v) is 7.50. The number of fused-ring (bicyclic) bond motifs is 3. The molecule has 0 saturated carbocycles. The summed E-state index contributed by atoms with van der Waals surface area (Å²) in [7, 11) is 0. The molecule has 2 aliphatic rings. The van der Waals surface area contributed by atoms with Crippen LogP contribution in [0.2, 0.25) is 0 Å². The van der Waals surface area contributed by atoms with Crippen LogP contribution in [-0.4, -0.2) is 28.2 Å². The monoisotopic (exact) mass is 420 g/mol. The first-order chi connectivity index (χ1) is 15.1. The predicted octanol–water partition coefficient (Wildman–Crippen LogP) is 1.93. The van der Waals surface area contributed by atoms with Crippen LogP contribution in [0.25, 0.3) is 10.9 Å². The molecule has 0 atom stereocenters. The van der Waals surface area contributed by atoms with Crippen molar-refractivity contribution in [1.29, 1.82) is 0 Å². The molecule has 9 nitrogen and oxygen atoms in total. The molecule has 0 fully saturated rings. The van der Waals surface area contributed by atoms with E-state index in [1.807, 2.05) is 0 Å². The first-order valence-corrected chi connectivity index (χ1v) is 10.1. The van der Waals surface area contributed by atoms with Gasteiger partial charge in [-0.1, -0.05) is 6.42 Å². The van der Waals surface area contributed by atoms with E-state index in [1.165, 1.54) is 0 Å². The number of nitrogens with one attached hydrogen (secondary N) is 2. The number of benzene rings is 2. The number of ether oxygens (including phenoxy) is 2. The Morgan fingerprint density at radius 3 is 2.48 bits per heavy atom. The number of carbonyl (C=O) groups is 2. The van der Waals surface area contributed by atoms with Gasteiger partial charge in [-0.2, -0.15) is 0 Å². The van der Waals surface area contributed by atoms with Crippen LogP contribution in [0, 0.1) is 0 Å². The van der Waals surface area contributed by atoms with Crippen molar-refractivity contribution in [2.75, 3.05) is 6.79 Å². The molecule has 0 saturated heterocycles. The van der Waals surface area contributed by atoms with Gasteiger partial charge in [0, 0.05) is 24.1 Å². The third kappa shape index (κ3) is 3.58. The molecular formula is C22H20N4O5. The van der Waals surface area contributed by atoms with Crippen molar-refractivity contribution in [3.8, 4) is 11.5 Å². The predicted molar refractivity (Wildman–Crippen MR) is 111 cm³/mol. The Morgan fingerprint density at radius 1 is 0.903 bits per heavy atom. The number of hydrogen-bond donors (Lipinski definition) is 2. The number of hydrazine groups is 1. The zero-order chi connectivity index (χ0) is 21.4. The molecule has 0 aliphatic carbocycles. The standard InChI is InChI=1S/C22H20N4O5/c27-20(24-25-21(28)14-6-8-17-18(11-14)31-12-30-17)13-5-7-15-16(10-13)23-19-4-2-1-3-9-26(19)22(15)29/h5-8,10-11H,1-4,9,12H2,(H,24,27)(H,25,28). The van der Waals surface area contributed by atoms with Gasteiger partial charge in [0.15, 0.2) is 11.5 Å². The maximum absolute atomic E-state index is 12.8. The molecule has 5 rings (SSSR count). The van der Waals surface area contributed by atoms with Crippen LogP contribution in [0.15, 0.2) is 41.2 Å². The number of hydrogen-bond acceptors (Lipinski definition) is 6. The van der Waals surface area contributed by atoms with Crippen LogP contribution in [0.3, 0.4) is 0 Å². The molecule has 31 heavy (non-hydrogen) atoms. The zero-order valence-corrected chi connectivity index (χ0v) is 16.6. The fourth-order valence-electron chi connectivity index (χ4n) is 3.86. The first kappa shape index (κ1) is 19.1. The molecule has 0 radical (unpaired) electrons. The minimum atomic E-state index is -0.507. The molecule has 2 N–H and O–H groups in total. The van der Waals surface area contributed by atoms with E-state index in [9.17, 15) is 14.4 Å². The molecule has 2 aliphatic heterocycles. The summed E-state index contributed by atoms with van der Waals surface area (Å²) in [5.74, 6) is 0.800. The molecule has 3 aromatic rings. The Kier molecular flexibility index (Phi) is 4.78. The molecule has 3 heterocycles. The van der Waals surface area contributed by atoms with E-state index in [-0.39, 0.29) is 12.4 Å². The minimum absolute atomic E-state index is 0.0787. The molecule has 2 aromatic carbocycles. The largest absolute Gasteiger partial charge is 0.454 e. The molecule has 0 unspecified atom stereocenters. The maximum Gasteiger partial charge on any atom is 0.269 e. The van der Waals surface area contributed by atoms with Gasteiger partial charge in [0.2, 0.25) is 6.79 Å². The zero-order valence-electron chi connectivity index (χ0n) is 16.6. The smallest absolute Gasteiger partial charge is 0.269 e. The Balaban J connectivity index is 1.34. The lowest BCUT2D eigenvalue weighted by Crippen LogP contribution is -2.41. The SMILES string of the molecule is O=C(NNC(=O)c1ccc2c(=O)n3c(nc2c1)CCCCC3)c1ccc2c(c1)OCO2. The van der Waals surface area contributed by atoms with Gasteiger partial charge in [0.25, 0.3) is 17.4 Å². The highest BCUT2D eigenvalue weighted by molar-refractivity contribution is 6.01. The lowest BCUT2D eigenvalue weighted by molar-refractivity contribution is 0.0846. The van der Waals surface area contributed by atoms with Crippen LogP contribution >= 0.6 is 0 Å². The van der Waals surface area contributed by atoms with E-state index in [4.69, 9.17) is 9.47 Å². The fraction of sp³-hybridized carbons (Fsp3) is 0.273. The summed E-state index contributed by atoms with van der Waals surface area (Å²) >= 11 is 0. The van der Waals surface area contributed by atoms with Crippen molar-refractivity contribution < 1.29 is 19.1 Å². The lowest BCUT2D eigenvalue weighted by Gasteiger charge is -2.11. The van der Waals surface area contributed by atoms with Gasteiger partial charge in [-0.3, -0.25) is 29.8 Å². The van der Waals surface area contributed by atoms with Crippen LogP contribution in [0.1, 0.15) is 45.8 Å². The lowest BCUT2D eigenvalue weighted by atomic mass is 10.1. The van der Waals surface area contributed by atoms with Crippen LogP contribution in [0.5, 0.6) is 11.5 Å². The van der Waals surface area contributed by atoms with Gasteiger partial charge in [-0.05, 0) is 49.2 Å². The van der Waals surface area contributed by atoms with E-state index in [0.717, 1.165) is 31.5 Å². The normalized spacial score (nSPS) is 14.6. The summed E-state index contributed by atoms with van der Waals surface area (Å²) in [5.41, 5.74) is 5.80. The van der Waals surface area contributed by atoms with Crippen molar-refractivity contribution >= 4 is 22.7 Å². The molecule has 1 aromatic heterocycles. The maximum atomic E-state index is 12.8. The molecule has 2 amide bonds. The van der Waals surface area contributed by atoms with Gasteiger partial charge in [-0.15, -0.1) is 0 Å². The summed E-state index contributed by atoms with van der Waals surface area (Å²) in [6.45, 7) is 0.783. The van der Waals surface area contributed by atoms with E-state index >= 15 is 0 Å². The summed E-state index contributed by atoms with van der Waals surface area (Å²) in [4.78, 5) is 42.3. The van der Waals surface area contributed by atoms with Gasteiger partial charge in [0.1, 0.15) is 5.82 Å². The molecule has 0 bridgehead atoms. The first-order valence-electron chi connectivity index (χ1n) is 10.1. The van der Waals surface area contributed by atoms with Gasteiger partial charge < -0.3 is 9.47 Å². The summed E-state index contributed by atoms with van der Waals surface area (Å²) in [5, 5.41) is 0.478. The molecule has 0 spiro atoms. The Hall–Kier alpha value is -3.88. The highest BCUT2D eigenvalue weighted by Gasteiger charge is 2.18. The summed E-state index contributed by atoms with van der Waals surface area (Å²) < 4.78 is 12.2. The van der Waals surface area contributed by atoms with E-state index in [0.29, 0.717) is 40.1 Å². The van der Waals surface area contributed by atoms with E-state index in [1.54, 1.807) is 41.0 Å². The van der Waals surface area contributed by atoms with Crippen molar-refractivity contribution in [1.82, 2.24) is 20.4 Å². The highest BCUT2D eigenvalue weighted by Crippen LogP contribution is 2.32. The van der Waals surface area contributed by atoms with Gasteiger partial charge in [-0.25, -0.2) is 4.98 Å². The Labute approximate surface area is 177 Å². The number of nitrogens with zero attached hydrogens (tertiary/aromatic N) is 2. The van der Waals surface area contributed by atoms with Crippen molar-refractivity contribution in [2.24, 2.45) is 0 Å². The third-order valence-electron chi connectivity index (χ3n) is 5.50. The summed E-state index contributed by atoms with van der Waals surface area (Å²) in [6, 6.07) is 9.49. The van der Waals surface area contributed by atoms with Crippen LogP contribution < -0.4 is 25.9 Å². The minimum Gasteiger partial charge on any atom is -0.454 e.